The Morgan fingerprint density at radius 2 is 1.81 bits per heavy atom. The van der Waals surface area contributed by atoms with E-state index in [1.807, 2.05) is 6.92 Å². The van der Waals surface area contributed by atoms with Gasteiger partial charge in [-0.3, -0.25) is 25.2 Å². The number of hydrazine groups is 1. The third-order valence-corrected chi connectivity index (χ3v) is 4.46. The minimum absolute atomic E-state index is 0.0106. The second-order valence-electron chi connectivity index (χ2n) is 6.88. The molecule has 0 spiro atoms. The van der Waals surface area contributed by atoms with E-state index in [-0.39, 0.29) is 18.4 Å². The van der Waals surface area contributed by atoms with Crippen molar-refractivity contribution in [1.82, 2.24) is 10.9 Å². The van der Waals surface area contributed by atoms with E-state index in [4.69, 9.17) is 14.2 Å². The van der Waals surface area contributed by atoms with E-state index >= 15 is 0 Å². The van der Waals surface area contributed by atoms with Gasteiger partial charge in [0.1, 0.15) is 5.75 Å². The number of carbonyl (C=O) groups excluding carboxylic acids is 3. The highest BCUT2D eigenvalue weighted by Crippen LogP contribution is 2.30. The molecule has 0 aliphatic heterocycles. The van der Waals surface area contributed by atoms with Crippen molar-refractivity contribution in [2.45, 2.75) is 19.8 Å². The molecule has 164 valence electrons. The molecule has 0 unspecified atom stereocenters. The van der Waals surface area contributed by atoms with Gasteiger partial charge in [-0.15, -0.1) is 0 Å². The Kier molecular flexibility index (Phi) is 7.31. The number of hydrogen-bond acceptors (Lipinski definition) is 6. The lowest BCUT2D eigenvalue weighted by Crippen LogP contribution is -2.43. The van der Waals surface area contributed by atoms with Crippen LogP contribution in [0.1, 0.15) is 30.1 Å². The molecular formula is C22H25N3O6. The van der Waals surface area contributed by atoms with Crippen molar-refractivity contribution < 1.29 is 28.6 Å². The van der Waals surface area contributed by atoms with Crippen molar-refractivity contribution in [3.8, 4) is 17.2 Å². The maximum Gasteiger partial charge on any atom is 0.276 e. The first-order valence-electron chi connectivity index (χ1n) is 9.94. The number of rotatable bonds is 9. The van der Waals surface area contributed by atoms with E-state index in [2.05, 4.69) is 16.2 Å². The highest BCUT2D eigenvalue weighted by Gasteiger charge is 2.29. The molecule has 9 nitrogen and oxygen atoms in total. The monoisotopic (exact) mass is 427 g/mol. The molecule has 0 atom stereocenters. The number of ether oxygens (including phenoxy) is 3. The van der Waals surface area contributed by atoms with Gasteiger partial charge in [-0.2, -0.15) is 0 Å². The zero-order valence-electron chi connectivity index (χ0n) is 17.4. The highest BCUT2D eigenvalue weighted by molar-refractivity contribution is 5.96. The number of amides is 3. The van der Waals surface area contributed by atoms with Crippen LogP contribution in [0.5, 0.6) is 17.2 Å². The number of hydrogen-bond donors (Lipinski definition) is 3. The summed E-state index contributed by atoms with van der Waals surface area (Å²) >= 11 is 0. The third kappa shape index (κ3) is 6.36. The second kappa shape index (κ2) is 10.3. The molecule has 0 heterocycles. The Hall–Kier alpha value is -3.75. The molecule has 3 amide bonds. The van der Waals surface area contributed by atoms with E-state index < -0.39 is 11.8 Å². The molecule has 0 bridgehead atoms. The molecule has 9 heteroatoms. The largest absolute Gasteiger partial charge is 0.493 e. The lowest BCUT2D eigenvalue weighted by molar-refractivity contribution is -0.123. The Balaban J connectivity index is 1.47. The maximum absolute atomic E-state index is 12.3. The average Bonchev–Trinajstić information content (AvgIpc) is 3.62. The Morgan fingerprint density at radius 3 is 2.52 bits per heavy atom. The molecule has 1 aliphatic carbocycles. The molecular weight excluding hydrogens is 402 g/mol. The van der Waals surface area contributed by atoms with Crippen molar-refractivity contribution in [1.29, 1.82) is 0 Å². The van der Waals surface area contributed by atoms with Crippen LogP contribution in [-0.4, -0.2) is 38.0 Å². The zero-order chi connectivity index (χ0) is 22.2. The molecule has 1 fully saturated rings. The van der Waals surface area contributed by atoms with Gasteiger partial charge in [0.2, 0.25) is 5.91 Å². The fraction of sp³-hybridized carbons (Fsp3) is 0.318. The number of carbonyl (C=O) groups is 3. The molecule has 31 heavy (non-hydrogen) atoms. The number of benzene rings is 2. The fourth-order valence-corrected chi connectivity index (χ4v) is 2.72. The first kappa shape index (κ1) is 21.9. The van der Waals surface area contributed by atoms with Crippen LogP contribution in [0.4, 0.5) is 5.69 Å². The summed E-state index contributed by atoms with van der Waals surface area (Å²) in [7, 11) is 1.48. The van der Waals surface area contributed by atoms with E-state index in [0.717, 1.165) is 12.8 Å². The molecule has 0 aromatic heterocycles. The summed E-state index contributed by atoms with van der Waals surface area (Å²) in [6, 6.07) is 11.5. The molecule has 3 N–H and O–H groups in total. The molecule has 1 aliphatic rings. The number of methoxy groups -OCH3 is 1. The number of nitrogens with one attached hydrogen (secondary N) is 3. The average molecular weight is 427 g/mol. The fourth-order valence-electron chi connectivity index (χ4n) is 2.72. The van der Waals surface area contributed by atoms with Crippen molar-refractivity contribution in [3.63, 3.8) is 0 Å². The van der Waals surface area contributed by atoms with Crippen LogP contribution in [0.25, 0.3) is 0 Å². The van der Waals surface area contributed by atoms with Crippen LogP contribution < -0.4 is 30.4 Å². The van der Waals surface area contributed by atoms with Gasteiger partial charge in [0.05, 0.1) is 13.7 Å². The van der Waals surface area contributed by atoms with Crippen molar-refractivity contribution in [2.75, 3.05) is 25.6 Å². The highest BCUT2D eigenvalue weighted by atomic mass is 16.5. The van der Waals surface area contributed by atoms with E-state index in [0.29, 0.717) is 35.1 Å². The zero-order valence-corrected chi connectivity index (χ0v) is 17.4. The predicted octanol–water partition coefficient (Wildman–Crippen LogP) is 2.28. The molecule has 1 saturated carbocycles. The van der Waals surface area contributed by atoms with Gasteiger partial charge in [0.15, 0.2) is 18.1 Å². The van der Waals surface area contributed by atoms with Crippen LogP contribution >= 0.6 is 0 Å². The first-order valence-corrected chi connectivity index (χ1v) is 9.94. The first-order chi connectivity index (χ1) is 15.0. The minimum atomic E-state index is -0.543. The molecule has 0 saturated heterocycles. The van der Waals surface area contributed by atoms with Crippen LogP contribution in [-0.2, 0) is 9.59 Å². The second-order valence-corrected chi connectivity index (χ2v) is 6.88. The Labute approximate surface area is 180 Å². The lowest BCUT2D eigenvalue weighted by atomic mass is 10.2. The molecule has 2 aromatic rings. The van der Waals surface area contributed by atoms with Crippen molar-refractivity contribution in [3.05, 3.63) is 48.0 Å². The summed E-state index contributed by atoms with van der Waals surface area (Å²) in [6.07, 6.45) is 1.83. The van der Waals surface area contributed by atoms with E-state index in [9.17, 15) is 14.4 Å². The van der Waals surface area contributed by atoms with Crippen molar-refractivity contribution in [2.24, 2.45) is 5.92 Å². The van der Waals surface area contributed by atoms with Gasteiger partial charge < -0.3 is 19.5 Å². The molecule has 3 rings (SSSR count). The van der Waals surface area contributed by atoms with Gasteiger partial charge in [-0.25, -0.2) is 0 Å². The Bertz CT molecular complexity index is 958. The minimum Gasteiger partial charge on any atom is -0.493 e. The van der Waals surface area contributed by atoms with Crippen LogP contribution in [0.2, 0.25) is 0 Å². The summed E-state index contributed by atoms with van der Waals surface area (Å²) < 4.78 is 16.1. The topological polar surface area (TPSA) is 115 Å². The SMILES string of the molecule is CCOc1ccc(C(=O)NNC(=O)COc2cccc(NC(=O)C3CC3)c2)cc1OC. The summed E-state index contributed by atoms with van der Waals surface area (Å²) in [5.74, 6) is 0.384. The van der Waals surface area contributed by atoms with E-state index in [1.54, 1.807) is 36.4 Å². The van der Waals surface area contributed by atoms with Gasteiger partial charge in [-0.1, -0.05) is 6.07 Å². The standard InChI is InChI=1S/C22H25N3O6/c1-3-30-18-10-9-15(11-19(18)29-2)22(28)25-24-20(26)13-31-17-6-4-5-16(12-17)23-21(27)14-7-8-14/h4-6,9-12,14H,3,7-8,13H2,1-2H3,(H,23,27)(H,24,26)(H,25,28). The van der Waals surface area contributed by atoms with Crippen molar-refractivity contribution >= 4 is 23.4 Å². The smallest absolute Gasteiger partial charge is 0.276 e. The molecule has 0 radical (unpaired) electrons. The molecule has 2 aromatic carbocycles. The van der Waals surface area contributed by atoms with Crippen LogP contribution in [0.15, 0.2) is 42.5 Å². The van der Waals surface area contributed by atoms with Gasteiger partial charge >= 0.3 is 0 Å². The quantitative estimate of drug-likeness (QED) is 0.529. The third-order valence-electron chi connectivity index (χ3n) is 4.46. The van der Waals surface area contributed by atoms with Crippen LogP contribution in [0, 0.1) is 5.92 Å². The normalized spacial score (nSPS) is 12.5. The van der Waals surface area contributed by atoms with E-state index in [1.165, 1.54) is 13.2 Å². The van der Waals surface area contributed by atoms with Gasteiger partial charge in [-0.05, 0) is 50.1 Å². The van der Waals surface area contributed by atoms with Gasteiger partial charge in [0.25, 0.3) is 11.8 Å². The number of anilines is 1. The summed E-state index contributed by atoms with van der Waals surface area (Å²) in [4.78, 5) is 36.1. The summed E-state index contributed by atoms with van der Waals surface area (Å²) in [5.41, 5.74) is 5.51. The lowest BCUT2D eigenvalue weighted by Gasteiger charge is -2.12. The maximum atomic E-state index is 12.3. The van der Waals surface area contributed by atoms with Crippen LogP contribution in [0.3, 0.4) is 0 Å². The summed E-state index contributed by atoms with van der Waals surface area (Å²) in [6.45, 7) is 2.00. The summed E-state index contributed by atoms with van der Waals surface area (Å²) in [5, 5.41) is 2.82. The Morgan fingerprint density at radius 1 is 1.00 bits per heavy atom. The predicted molar refractivity (Wildman–Crippen MR) is 113 cm³/mol. The van der Waals surface area contributed by atoms with Gasteiger partial charge in [0, 0.05) is 23.2 Å².